The average Bonchev–Trinajstić information content (AvgIpc) is 3.07. The van der Waals surface area contributed by atoms with E-state index in [9.17, 15) is 12.8 Å². The van der Waals surface area contributed by atoms with Crippen molar-refractivity contribution in [2.45, 2.75) is 19.1 Å². The molecule has 1 heterocycles. The lowest BCUT2D eigenvalue weighted by Gasteiger charge is -2.19. The summed E-state index contributed by atoms with van der Waals surface area (Å²) in [6.45, 7) is 0.368. The molecule has 1 aliphatic carbocycles. The van der Waals surface area contributed by atoms with Gasteiger partial charge < -0.3 is 14.8 Å². The number of halogens is 1. The predicted molar refractivity (Wildman–Crippen MR) is 106 cm³/mol. The first-order valence-corrected chi connectivity index (χ1v) is 10.2. The maximum atomic E-state index is 14.6. The van der Waals surface area contributed by atoms with Gasteiger partial charge in [0.2, 0.25) is 0 Å². The molecule has 1 aliphatic rings. The minimum absolute atomic E-state index is 0.153. The first-order valence-electron chi connectivity index (χ1n) is 8.77. The summed E-state index contributed by atoms with van der Waals surface area (Å²) in [5.74, 6) is -0.211. The van der Waals surface area contributed by atoms with Crippen LogP contribution in [0.4, 0.5) is 4.39 Å². The van der Waals surface area contributed by atoms with Crippen molar-refractivity contribution in [3.63, 3.8) is 0 Å². The van der Waals surface area contributed by atoms with Crippen LogP contribution in [0.2, 0.25) is 0 Å². The van der Waals surface area contributed by atoms with Gasteiger partial charge in [0, 0.05) is 37.4 Å². The molecule has 0 saturated carbocycles. The van der Waals surface area contributed by atoms with Crippen molar-refractivity contribution in [3.05, 3.63) is 65.0 Å². The van der Waals surface area contributed by atoms with Crippen molar-refractivity contribution in [2.75, 3.05) is 21.3 Å². The number of methoxy groups -OCH3 is 2. The van der Waals surface area contributed by atoms with Crippen LogP contribution in [0.25, 0.3) is 11.3 Å². The number of nitrogens with one attached hydrogen (secondary N) is 1. The molecule has 28 heavy (non-hydrogen) atoms. The fraction of sp³-hybridized carbons (Fsp3) is 0.300. The number of ether oxygens (including phenoxy) is 2. The Morgan fingerprint density at radius 1 is 1.29 bits per heavy atom. The number of rotatable bonds is 7. The number of allylic oxidation sites excluding steroid dienone is 2. The summed E-state index contributed by atoms with van der Waals surface area (Å²) in [6, 6.07) is 6.04. The fourth-order valence-corrected chi connectivity index (χ4v) is 4.81. The van der Waals surface area contributed by atoms with Crippen LogP contribution in [-0.4, -0.2) is 39.8 Å². The van der Waals surface area contributed by atoms with Crippen LogP contribution in [0.5, 0.6) is 5.75 Å². The molecule has 6 nitrogen and oxygen atoms in total. The monoisotopic (exact) mass is 406 g/mol. The molecular weight excluding hydrogens is 383 g/mol. The van der Waals surface area contributed by atoms with Crippen molar-refractivity contribution < 1.29 is 22.3 Å². The lowest BCUT2D eigenvalue weighted by molar-refractivity contribution is 0.141. The lowest BCUT2D eigenvalue weighted by atomic mass is 10.1. The van der Waals surface area contributed by atoms with Crippen LogP contribution in [0.1, 0.15) is 12.0 Å². The minimum Gasteiger partial charge on any atom is -0.494 e. The summed E-state index contributed by atoms with van der Waals surface area (Å²) < 4.78 is 53.4. The van der Waals surface area contributed by atoms with E-state index in [1.807, 2.05) is 0 Å². The SMILES string of the molecule is CNCc1cn(S(=O)(=O)C2=CC=CC(OC)C2)c(-c2ccccc2F)c1OC. The number of nitrogens with zero attached hydrogens (tertiary/aromatic N) is 1. The third-order valence-corrected chi connectivity index (χ3v) is 6.38. The van der Waals surface area contributed by atoms with Crippen molar-refractivity contribution >= 4 is 10.0 Å². The highest BCUT2D eigenvalue weighted by atomic mass is 32.2. The van der Waals surface area contributed by atoms with Crippen LogP contribution in [0, 0.1) is 5.82 Å². The van der Waals surface area contributed by atoms with E-state index in [-0.39, 0.29) is 28.7 Å². The van der Waals surface area contributed by atoms with Crippen LogP contribution in [0.3, 0.4) is 0 Å². The molecule has 0 amide bonds. The molecule has 8 heteroatoms. The maximum absolute atomic E-state index is 14.6. The Balaban J connectivity index is 2.24. The average molecular weight is 406 g/mol. The predicted octanol–water partition coefficient (Wildman–Crippen LogP) is 3.06. The van der Waals surface area contributed by atoms with Gasteiger partial charge in [0.25, 0.3) is 10.0 Å². The van der Waals surface area contributed by atoms with Gasteiger partial charge in [-0.3, -0.25) is 0 Å². The third kappa shape index (κ3) is 3.63. The van der Waals surface area contributed by atoms with E-state index in [1.54, 1.807) is 37.4 Å². The van der Waals surface area contributed by atoms with Gasteiger partial charge in [-0.2, -0.15) is 0 Å². The number of benzene rings is 1. The normalized spacial score (nSPS) is 16.9. The Morgan fingerprint density at radius 3 is 2.68 bits per heavy atom. The smallest absolute Gasteiger partial charge is 0.264 e. The van der Waals surface area contributed by atoms with Gasteiger partial charge in [-0.05, 0) is 25.3 Å². The molecular formula is C20H23FN2O4S. The zero-order valence-electron chi connectivity index (χ0n) is 16.0. The number of hydrogen-bond donors (Lipinski definition) is 1. The first-order chi connectivity index (χ1) is 13.4. The summed E-state index contributed by atoms with van der Waals surface area (Å²) >= 11 is 0. The topological polar surface area (TPSA) is 69.6 Å². The van der Waals surface area contributed by atoms with Crippen LogP contribution in [0.15, 0.2) is 53.6 Å². The molecule has 2 aromatic rings. The van der Waals surface area contributed by atoms with Crippen LogP contribution < -0.4 is 10.1 Å². The molecule has 1 aromatic carbocycles. The van der Waals surface area contributed by atoms with Gasteiger partial charge in [0.15, 0.2) is 0 Å². The first kappa shape index (κ1) is 20.3. The highest BCUT2D eigenvalue weighted by Gasteiger charge is 2.31. The molecule has 0 radical (unpaired) electrons. The Labute approximate surface area is 164 Å². The number of aromatic nitrogens is 1. The van der Waals surface area contributed by atoms with E-state index in [4.69, 9.17) is 9.47 Å². The van der Waals surface area contributed by atoms with Crippen molar-refractivity contribution in [3.8, 4) is 17.0 Å². The van der Waals surface area contributed by atoms with Crippen molar-refractivity contribution in [2.24, 2.45) is 0 Å². The summed E-state index contributed by atoms with van der Waals surface area (Å²) in [6.07, 6.45) is 6.34. The Kier molecular flexibility index (Phi) is 6.02. The highest BCUT2D eigenvalue weighted by Crippen LogP contribution is 2.39. The van der Waals surface area contributed by atoms with Gasteiger partial charge in [-0.25, -0.2) is 16.8 Å². The van der Waals surface area contributed by atoms with Crippen molar-refractivity contribution in [1.82, 2.24) is 9.29 Å². The third-order valence-electron chi connectivity index (χ3n) is 4.60. The molecule has 150 valence electrons. The van der Waals surface area contributed by atoms with E-state index in [2.05, 4.69) is 5.32 Å². The summed E-state index contributed by atoms with van der Waals surface area (Å²) in [7, 11) is 0.754. The Morgan fingerprint density at radius 2 is 2.04 bits per heavy atom. The number of hydrogen-bond acceptors (Lipinski definition) is 5. The second-order valence-corrected chi connectivity index (χ2v) is 8.21. The second kappa shape index (κ2) is 8.30. The van der Waals surface area contributed by atoms with E-state index in [1.165, 1.54) is 32.5 Å². The van der Waals surface area contributed by atoms with Gasteiger partial charge in [-0.1, -0.05) is 24.3 Å². The van der Waals surface area contributed by atoms with Gasteiger partial charge in [-0.15, -0.1) is 0 Å². The maximum Gasteiger partial charge on any atom is 0.264 e. The molecule has 1 N–H and O–H groups in total. The lowest BCUT2D eigenvalue weighted by Crippen LogP contribution is -2.21. The van der Waals surface area contributed by atoms with E-state index in [0.29, 0.717) is 17.9 Å². The molecule has 0 saturated heterocycles. The fourth-order valence-electron chi connectivity index (χ4n) is 3.25. The largest absolute Gasteiger partial charge is 0.494 e. The summed E-state index contributed by atoms with van der Waals surface area (Å²) in [4.78, 5) is 0.188. The summed E-state index contributed by atoms with van der Waals surface area (Å²) in [5.41, 5.74) is 0.929. The zero-order valence-corrected chi connectivity index (χ0v) is 16.8. The van der Waals surface area contributed by atoms with Gasteiger partial charge in [0.1, 0.15) is 17.3 Å². The van der Waals surface area contributed by atoms with E-state index in [0.717, 1.165) is 3.97 Å². The molecule has 3 rings (SSSR count). The minimum atomic E-state index is -3.96. The molecule has 1 unspecified atom stereocenters. The molecule has 1 atom stereocenters. The Hall–Kier alpha value is -2.42. The van der Waals surface area contributed by atoms with Gasteiger partial charge in [0.05, 0.1) is 18.1 Å². The van der Waals surface area contributed by atoms with Crippen molar-refractivity contribution in [1.29, 1.82) is 0 Å². The molecule has 1 aromatic heterocycles. The molecule has 0 spiro atoms. The molecule has 0 fully saturated rings. The molecule has 0 aliphatic heterocycles. The standard InChI is InChI=1S/C20H23FN2O4S/c1-22-12-14-13-23(28(24,25)16-8-6-7-15(11-16)26-2)19(20(14)27-3)17-9-4-5-10-18(17)21/h4-10,13,15,22H,11-12H2,1-3H3. The van der Waals surface area contributed by atoms with Gasteiger partial charge >= 0.3 is 0 Å². The molecule has 0 bridgehead atoms. The van der Waals surface area contributed by atoms with Crippen LogP contribution >= 0.6 is 0 Å². The second-order valence-electron chi connectivity index (χ2n) is 6.34. The zero-order chi connectivity index (χ0) is 20.3. The van der Waals surface area contributed by atoms with E-state index < -0.39 is 15.8 Å². The van der Waals surface area contributed by atoms with Crippen LogP contribution in [-0.2, 0) is 21.3 Å². The Bertz CT molecular complexity index is 1020. The quantitative estimate of drug-likeness (QED) is 0.765. The van der Waals surface area contributed by atoms with E-state index >= 15 is 0 Å². The highest BCUT2D eigenvalue weighted by molar-refractivity contribution is 7.93. The summed E-state index contributed by atoms with van der Waals surface area (Å²) in [5, 5.41) is 2.98.